The van der Waals surface area contributed by atoms with E-state index < -0.39 is 0 Å². The first-order valence-corrected chi connectivity index (χ1v) is 7.19. The van der Waals surface area contributed by atoms with Gasteiger partial charge in [-0.2, -0.15) is 0 Å². The molecule has 0 saturated carbocycles. The molecule has 0 aromatic rings. The molecule has 1 rings (SSSR count). The zero-order chi connectivity index (χ0) is 14.0. The van der Waals surface area contributed by atoms with Crippen molar-refractivity contribution in [2.24, 2.45) is 11.3 Å². The zero-order valence-corrected chi connectivity index (χ0v) is 12.9. The Hall–Kier alpha value is -0.730. The van der Waals surface area contributed by atoms with Crippen molar-refractivity contribution in [3.8, 4) is 0 Å². The second kappa shape index (κ2) is 5.50. The highest BCUT2D eigenvalue weighted by atomic mass is 16.6. The van der Waals surface area contributed by atoms with Crippen molar-refractivity contribution in [3.05, 3.63) is 0 Å². The summed E-state index contributed by atoms with van der Waals surface area (Å²) in [4.78, 5) is 14.1. The fourth-order valence-corrected chi connectivity index (χ4v) is 2.62. The van der Waals surface area contributed by atoms with Crippen LogP contribution in [0.2, 0.25) is 0 Å². The molecule has 0 aromatic carbocycles. The number of carbonyl (C=O) groups excluding carboxylic acids is 1. The van der Waals surface area contributed by atoms with E-state index in [4.69, 9.17) is 4.74 Å². The van der Waals surface area contributed by atoms with Crippen molar-refractivity contribution in [1.82, 2.24) is 4.90 Å². The minimum absolute atomic E-state index is 0.106. The molecule has 1 fully saturated rings. The summed E-state index contributed by atoms with van der Waals surface area (Å²) in [6.07, 6.45) is 2.91. The van der Waals surface area contributed by atoms with E-state index in [0.717, 1.165) is 25.8 Å². The molecule has 0 aromatic heterocycles. The molecule has 0 bridgehead atoms. The van der Waals surface area contributed by atoms with Crippen LogP contribution < -0.4 is 0 Å². The maximum Gasteiger partial charge on any atom is 0.410 e. The number of likely N-dealkylation sites (tertiary alicyclic amines) is 1. The molecular formula is C15H29NO2. The topological polar surface area (TPSA) is 29.5 Å². The lowest BCUT2D eigenvalue weighted by Gasteiger charge is -2.55. The predicted octanol–water partition coefficient (Wildman–Crippen LogP) is 4.07. The first-order valence-electron chi connectivity index (χ1n) is 7.19. The molecule has 1 unspecified atom stereocenters. The van der Waals surface area contributed by atoms with Crippen LogP contribution in [0.25, 0.3) is 0 Å². The minimum atomic E-state index is -0.159. The lowest BCUT2D eigenvalue weighted by molar-refractivity contribution is -0.0582. The minimum Gasteiger partial charge on any atom is -0.449 e. The van der Waals surface area contributed by atoms with Crippen molar-refractivity contribution in [2.45, 2.75) is 66.3 Å². The van der Waals surface area contributed by atoms with Gasteiger partial charge in [-0.25, -0.2) is 4.79 Å². The highest BCUT2D eigenvalue weighted by Crippen LogP contribution is 2.47. The molecule has 0 radical (unpaired) electrons. The summed E-state index contributed by atoms with van der Waals surface area (Å²) >= 11 is 0. The van der Waals surface area contributed by atoms with Gasteiger partial charge in [0.2, 0.25) is 0 Å². The number of rotatable bonds is 3. The Morgan fingerprint density at radius 3 is 2.50 bits per heavy atom. The predicted molar refractivity (Wildman–Crippen MR) is 74.6 cm³/mol. The molecule has 1 heterocycles. The molecule has 1 saturated heterocycles. The van der Waals surface area contributed by atoms with Gasteiger partial charge in [0.25, 0.3) is 0 Å². The van der Waals surface area contributed by atoms with Crippen molar-refractivity contribution in [3.63, 3.8) is 0 Å². The van der Waals surface area contributed by atoms with Crippen LogP contribution in [0.15, 0.2) is 0 Å². The highest BCUT2D eigenvalue weighted by Gasteiger charge is 2.50. The van der Waals surface area contributed by atoms with E-state index in [1.165, 1.54) is 0 Å². The van der Waals surface area contributed by atoms with E-state index in [1.54, 1.807) is 0 Å². The van der Waals surface area contributed by atoms with Crippen LogP contribution in [0.3, 0.4) is 0 Å². The molecule has 0 spiro atoms. The quantitative estimate of drug-likeness (QED) is 0.711. The van der Waals surface area contributed by atoms with Gasteiger partial charge in [-0.3, -0.25) is 0 Å². The molecule has 0 aliphatic carbocycles. The Kier molecular flexibility index (Phi) is 4.68. The lowest BCUT2D eigenvalue weighted by Crippen LogP contribution is -2.62. The number of ether oxygens (including phenoxy) is 1. The summed E-state index contributed by atoms with van der Waals surface area (Å²) in [5, 5.41) is 0. The maximum absolute atomic E-state index is 12.2. The van der Waals surface area contributed by atoms with Gasteiger partial charge in [-0.05, 0) is 38.0 Å². The number of hydrogen-bond acceptors (Lipinski definition) is 2. The lowest BCUT2D eigenvalue weighted by atomic mass is 9.62. The number of piperidine rings is 1. The average molecular weight is 255 g/mol. The van der Waals surface area contributed by atoms with Gasteiger partial charge in [0, 0.05) is 12.1 Å². The Morgan fingerprint density at radius 1 is 1.33 bits per heavy atom. The summed E-state index contributed by atoms with van der Waals surface area (Å²) in [6.45, 7) is 14.5. The van der Waals surface area contributed by atoms with Gasteiger partial charge in [-0.15, -0.1) is 0 Å². The second-order valence-electron chi connectivity index (χ2n) is 6.59. The molecule has 1 atom stereocenters. The zero-order valence-electron chi connectivity index (χ0n) is 12.9. The highest BCUT2D eigenvalue weighted by molar-refractivity contribution is 5.69. The van der Waals surface area contributed by atoms with Gasteiger partial charge >= 0.3 is 6.09 Å². The van der Waals surface area contributed by atoms with Crippen molar-refractivity contribution < 1.29 is 9.53 Å². The second-order valence-corrected chi connectivity index (χ2v) is 6.59. The Morgan fingerprint density at radius 2 is 1.94 bits per heavy atom. The molecule has 0 N–H and O–H groups in total. The third kappa shape index (κ3) is 2.65. The third-order valence-corrected chi connectivity index (χ3v) is 5.21. The molecule has 3 heteroatoms. The molecule has 3 nitrogen and oxygen atoms in total. The van der Waals surface area contributed by atoms with Crippen LogP contribution in [0.5, 0.6) is 0 Å². The molecule has 106 valence electrons. The van der Waals surface area contributed by atoms with Crippen LogP contribution in [-0.2, 0) is 4.74 Å². The van der Waals surface area contributed by atoms with E-state index in [1.807, 2.05) is 4.90 Å². The number of nitrogens with zero attached hydrogens (tertiary/aromatic N) is 1. The summed E-state index contributed by atoms with van der Waals surface area (Å²) < 4.78 is 5.37. The van der Waals surface area contributed by atoms with E-state index >= 15 is 0 Å². The first-order chi connectivity index (χ1) is 8.25. The van der Waals surface area contributed by atoms with E-state index in [2.05, 4.69) is 41.5 Å². The van der Waals surface area contributed by atoms with E-state index in [-0.39, 0.29) is 17.0 Å². The van der Waals surface area contributed by atoms with Crippen LogP contribution in [0, 0.1) is 11.3 Å². The van der Waals surface area contributed by atoms with Crippen LogP contribution >= 0.6 is 0 Å². The molecular weight excluding hydrogens is 226 g/mol. The van der Waals surface area contributed by atoms with Gasteiger partial charge in [0.15, 0.2) is 0 Å². The molecule has 1 amide bonds. The van der Waals surface area contributed by atoms with Gasteiger partial charge < -0.3 is 9.64 Å². The fraction of sp³-hybridized carbons (Fsp3) is 0.933. The monoisotopic (exact) mass is 255 g/mol. The van der Waals surface area contributed by atoms with Gasteiger partial charge in [-0.1, -0.05) is 34.1 Å². The van der Waals surface area contributed by atoms with Gasteiger partial charge in [0.05, 0.1) is 6.61 Å². The first kappa shape index (κ1) is 15.3. The van der Waals surface area contributed by atoms with Crippen molar-refractivity contribution >= 4 is 6.09 Å². The van der Waals surface area contributed by atoms with Crippen LogP contribution in [-0.4, -0.2) is 29.7 Å². The summed E-state index contributed by atoms with van der Waals surface area (Å²) in [7, 11) is 0. The smallest absolute Gasteiger partial charge is 0.410 e. The molecule has 1 aliphatic rings. The van der Waals surface area contributed by atoms with E-state index in [0.29, 0.717) is 12.5 Å². The number of carbonyl (C=O) groups is 1. The SMILES string of the molecule is CCCCOC(=O)N1CCC(C)C(C)(C)C1(C)C. The third-order valence-electron chi connectivity index (χ3n) is 5.21. The van der Waals surface area contributed by atoms with Gasteiger partial charge in [0.1, 0.15) is 0 Å². The number of amides is 1. The largest absolute Gasteiger partial charge is 0.449 e. The Bertz CT molecular complexity index is 297. The standard InChI is InChI=1S/C15H29NO2/c1-7-8-11-18-13(17)16-10-9-12(2)14(3,4)15(16,5)6/h12H,7-11H2,1-6H3. The summed E-state index contributed by atoms with van der Waals surface area (Å²) in [5.74, 6) is 0.618. The van der Waals surface area contributed by atoms with Crippen LogP contribution in [0.4, 0.5) is 4.79 Å². The average Bonchev–Trinajstić information content (AvgIpc) is 2.27. The summed E-state index contributed by atoms with van der Waals surface area (Å²) in [5.41, 5.74) is -0.0526. The van der Waals surface area contributed by atoms with Crippen molar-refractivity contribution in [2.75, 3.05) is 13.2 Å². The Labute approximate surface area is 112 Å². The maximum atomic E-state index is 12.2. The van der Waals surface area contributed by atoms with Crippen LogP contribution in [0.1, 0.15) is 60.8 Å². The summed E-state index contributed by atoms with van der Waals surface area (Å²) in [6, 6.07) is 0. The fourth-order valence-electron chi connectivity index (χ4n) is 2.62. The Balaban J connectivity index is 2.74. The van der Waals surface area contributed by atoms with Crippen molar-refractivity contribution in [1.29, 1.82) is 0 Å². The number of hydrogen-bond donors (Lipinski definition) is 0. The number of unbranched alkanes of at least 4 members (excludes halogenated alkanes) is 1. The normalized spacial score (nSPS) is 25.9. The molecule has 18 heavy (non-hydrogen) atoms. The molecule has 1 aliphatic heterocycles. The van der Waals surface area contributed by atoms with E-state index in [9.17, 15) is 4.79 Å².